The van der Waals surface area contributed by atoms with Crippen LogP contribution in [0.4, 0.5) is 0 Å². The molecule has 1 aliphatic heterocycles. The Morgan fingerprint density at radius 1 is 1.11 bits per heavy atom. The molecule has 1 heterocycles. The molecule has 0 amide bonds. The molecule has 4 nitrogen and oxygen atoms in total. The molecule has 0 spiro atoms. The third kappa shape index (κ3) is 2.04. The molecule has 0 bridgehead atoms. The van der Waals surface area contributed by atoms with E-state index >= 15 is 0 Å². The summed E-state index contributed by atoms with van der Waals surface area (Å²) in [5.41, 5.74) is -0.160. The maximum Gasteiger partial charge on any atom is 0.495 e. The molecule has 0 radical (unpaired) electrons. The predicted molar refractivity (Wildman–Crippen MR) is 69.1 cm³/mol. The van der Waals surface area contributed by atoms with Crippen molar-refractivity contribution < 1.29 is 19.2 Å². The van der Waals surface area contributed by atoms with Gasteiger partial charge in [0.25, 0.3) is 0 Å². The standard InChI is InChI=1S/C13H17BO4/c1-12(2)13(3,4)18-14(17-12)10-8-6-5-7-9(10)11(15)16/h5-8H,1-4H3,(H,15,16). The van der Waals surface area contributed by atoms with Gasteiger partial charge in [0.05, 0.1) is 16.8 Å². The van der Waals surface area contributed by atoms with Crippen LogP contribution in [0.3, 0.4) is 0 Å². The Bertz CT molecular complexity index is 466. The van der Waals surface area contributed by atoms with Crippen molar-refractivity contribution in [3.8, 4) is 0 Å². The lowest BCUT2D eigenvalue weighted by Crippen LogP contribution is -2.41. The molecule has 1 N–H and O–H groups in total. The number of carbonyl (C=O) groups is 1. The minimum absolute atomic E-state index is 0.219. The fourth-order valence-electron chi connectivity index (χ4n) is 1.87. The lowest BCUT2D eigenvalue weighted by atomic mass is 9.76. The van der Waals surface area contributed by atoms with Gasteiger partial charge in [-0.2, -0.15) is 0 Å². The van der Waals surface area contributed by atoms with E-state index in [1.165, 1.54) is 0 Å². The Balaban J connectivity index is 2.38. The molecule has 0 saturated carbocycles. The van der Waals surface area contributed by atoms with Crippen LogP contribution in [0.2, 0.25) is 0 Å². The van der Waals surface area contributed by atoms with Crippen LogP contribution < -0.4 is 5.46 Å². The summed E-state index contributed by atoms with van der Waals surface area (Å²) in [4.78, 5) is 11.2. The van der Waals surface area contributed by atoms with Gasteiger partial charge in [0, 0.05) is 0 Å². The Morgan fingerprint density at radius 3 is 2.11 bits per heavy atom. The van der Waals surface area contributed by atoms with Crippen molar-refractivity contribution in [2.75, 3.05) is 0 Å². The molecule has 18 heavy (non-hydrogen) atoms. The molecule has 0 aliphatic carbocycles. The zero-order valence-electron chi connectivity index (χ0n) is 11.1. The summed E-state index contributed by atoms with van der Waals surface area (Å²) >= 11 is 0. The average Bonchev–Trinajstić information content (AvgIpc) is 2.48. The van der Waals surface area contributed by atoms with Crippen molar-refractivity contribution in [3.63, 3.8) is 0 Å². The first kappa shape index (κ1) is 13.1. The van der Waals surface area contributed by atoms with Gasteiger partial charge in [-0.1, -0.05) is 18.2 Å². The van der Waals surface area contributed by atoms with E-state index in [9.17, 15) is 9.90 Å². The number of benzene rings is 1. The number of carboxylic acids is 1. The van der Waals surface area contributed by atoms with Crippen LogP contribution in [-0.2, 0) is 9.31 Å². The SMILES string of the molecule is CC1(C)OB(c2ccccc2C(=O)O)OC1(C)C. The molecule has 5 heteroatoms. The third-order valence-corrected chi connectivity index (χ3v) is 3.70. The molecule has 1 aliphatic rings. The van der Waals surface area contributed by atoms with Crippen molar-refractivity contribution in [2.24, 2.45) is 0 Å². The van der Waals surface area contributed by atoms with Gasteiger partial charge in [-0.3, -0.25) is 0 Å². The molecular formula is C13H17BO4. The summed E-state index contributed by atoms with van der Waals surface area (Å²) in [5, 5.41) is 9.18. The zero-order chi connectivity index (χ0) is 13.6. The quantitative estimate of drug-likeness (QED) is 0.809. The molecule has 1 aromatic carbocycles. The van der Waals surface area contributed by atoms with Gasteiger partial charge in [-0.15, -0.1) is 0 Å². The molecule has 1 saturated heterocycles. The lowest BCUT2D eigenvalue weighted by molar-refractivity contribution is 0.00578. The number of hydrogen-bond donors (Lipinski definition) is 1. The van der Waals surface area contributed by atoms with E-state index in [2.05, 4.69) is 0 Å². The van der Waals surface area contributed by atoms with E-state index in [1.54, 1.807) is 24.3 Å². The van der Waals surface area contributed by atoms with Crippen molar-refractivity contribution in [1.29, 1.82) is 0 Å². The van der Waals surface area contributed by atoms with E-state index in [0.717, 1.165) is 0 Å². The van der Waals surface area contributed by atoms with Crippen LogP contribution in [-0.4, -0.2) is 29.4 Å². The van der Waals surface area contributed by atoms with Gasteiger partial charge in [0.1, 0.15) is 0 Å². The zero-order valence-corrected chi connectivity index (χ0v) is 11.1. The van der Waals surface area contributed by atoms with E-state index in [-0.39, 0.29) is 5.56 Å². The van der Waals surface area contributed by atoms with Crippen LogP contribution in [0, 0.1) is 0 Å². The number of carboxylic acid groups (broad SMARTS) is 1. The first-order valence-corrected chi connectivity index (χ1v) is 5.92. The highest BCUT2D eigenvalue weighted by molar-refractivity contribution is 6.63. The second kappa shape index (κ2) is 4.11. The molecule has 2 rings (SSSR count). The minimum atomic E-state index is -0.972. The fraction of sp³-hybridized carbons (Fsp3) is 0.462. The molecule has 1 fully saturated rings. The number of hydrogen-bond acceptors (Lipinski definition) is 3. The van der Waals surface area contributed by atoms with E-state index in [1.807, 2.05) is 27.7 Å². The number of rotatable bonds is 2. The van der Waals surface area contributed by atoms with Crippen molar-refractivity contribution in [3.05, 3.63) is 29.8 Å². The molecule has 96 valence electrons. The molecule has 0 atom stereocenters. The summed E-state index contributed by atoms with van der Waals surface area (Å²) in [6.07, 6.45) is 0. The lowest BCUT2D eigenvalue weighted by Gasteiger charge is -2.32. The summed E-state index contributed by atoms with van der Waals surface area (Å²) in [7, 11) is -0.637. The van der Waals surface area contributed by atoms with Gasteiger partial charge in [0.2, 0.25) is 0 Å². The highest BCUT2D eigenvalue weighted by atomic mass is 16.7. The monoisotopic (exact) mass is 248 g/mol. The number of aromatic carboxylic acids is 1. The summed E-state index contributed by atoms with van der Waals surface area (Å²) < 4.78 is 11.7. The molecule has 0 unspecified atom stereocenters. The van der Waals surface area contributed by atoms with Gasteiger partial charge in [-0.05, 0) is 39.2 Å². The Morgan fingerprint density at radius 2 is 1.61 bits per heavy atom. The van der Waals surface area contributed by atoms with Crippen LogP contribution in [0.1, 0.15) is 38.1 Å². The van der Waals surface area contributed by atoms with Gasteiger partial charge in [-0.25, -0.2) is 4.79 Å². The van der Waals surface area contributed by atoms with Gasteiger partial charge < -0.3 is 14.4 Å². The Kier molecular flexibility index (Phi) is 2.99. The topological polar surface area (TPSA) is 55.8 Å². The van der Waals surface area contributed by atoms with Crippen molar-refractivity contribution in [2.45, 2.75) is 38.9 Å². The smallest absolute Gasteiger partial charge is 0.478 e. The maximum absolute atomic E-state index is 11.2. The fourth-order valence-corrected chi connectivity index (χ4v) is 1.87. The van der Waals surface area contributed by atoms with Crippen LogP contribution in [0.5, 0.6) is 0 Å². The first-order valence-electron chi connectivity index (χ1n) is 5.92. The maximum atomic E-state index is 11.2. The summed E-state index contributed by atoms with van der Waals surface area (Å²) in [6, 6.07) is 6.76. The first-order chi connectivity index (χ1) is 8.24. The van der Waals surface area contributed by atoms with E-state index in [4.69, 9.17) is 9.31 Å². The van der Waals surface area contributed by atoms with Crippen molar-refractivity contribution >= 4 is 18.6 Å². The highest BCUT2D eigenvalue weighted by Gasteiger charge is 2.52. The Hall–Kier alpha value is -1.33. The highest BCUT2D eigenvalue weighted by Crippen LogP contribution is 2.36. The predicted octanol–water partition coefficient (Wildman–Crippen LogP) is 1.68. The average molecular weight is 248 g/mol. The second-order valence-electron chi connectivity index (χ2n) is 5.48. The summed E-state index contributed by atoms with van der Waals surface area (Å²) in [6.45, 7) is 7.76. The largest absolute Gasteiger partial charge is 0.495 e. The van der Waals surface area contributed by atoms with Gasteiger partial charge >= 0.3 is 13.1 Å². The normalized spacial score (nSPS) is 21.0. The summed E-state index contributed by atoms with van der Waals surface area (Å²) in [5.74, 6) is -0.972. The van der Waals surface area contributed by atoms with Crippen LogP contribution in [0.15, 0.2) is 24.3 Å². The van der Waals surface area contributed by atoms with E-state index in [0.29, 0.717) is 5.46 Å². The van der Waals surface area contributed by atoms with Crippen LogP contribution in [0.25, 0.3) is 0 Å². The second-order valence-corrected chi connectivity index (χ2v) is 5.48. The van der Waals surface area contributed by atoms with Crippen molar-refractivity contribution in [1.82, 2.24) is 0 Å². The molecule has 1 aromatic rings. The minimum Gasteiger partial charge on any atom is -0.478 e. The third-order valence-electron chi connectivity index (χ3n) is 3.70. The van der Waals surface area contributed by atoms with Crippen LogP contribution >= 0.6 is 0 Å². The Labute approximate surface area is 107 Å². The van der Waals surface area contributed by atoms with Gasteiger partial charge in [0.15, 0.2) is 0 Å². The molecule has 0 aromatic heterocycles. The molecular weight excluding hydrogens is 231 g/mol. The van der Waals surface area contributed by atoms with E-state index < -0.39 is 24.3 Å².